The number of hydrogen-bond acceptors (Lipinski definition) is 4. The van der Waals surface area contributed by atoms with E-state index in [9.17, 15) is 0 Å². The zero-order valence-corrected chi connectivity index (χ0v) is 10.2. The summed E-state index contributed by atoms with van der Waals surface area (Å²) >= 11 is 5.85. The Kier molecular flexibility index (Phi) is 3.83. The molecule has 1 fully saturated rings. The minimum atomic E-state index is 0.556. The van der Waals surface area contributed by atoms with E-state index in [1.807, 2.05) is 6.92 Å². The second-order valence-electron chi connectivity index (χ2n) is 3.88. The summed E-state index contributed by atoms with van der Waals surface area (Å²) < 4.78 is 5.36. The molecule has 2 rings (SSSR count). The van der Waals surface area contributed by atoms with Crippen molar-refractivity contribution in [1.29, 1.82) is 0 Å². The topological polar surface area (TPSA) is 38.2 Å². The SMILES string of the molecule is CCOc1ccnc(N2CCC(CCl)C2)n1. The lowest BCUT2D eigenvalue weighted by molar-refractivity contribution is 0.326. The molecule has 1 unspecified atom stereocenters. The fraction of sp³-hybridized carbons (Fsp3) is 0.636. The Morgan fingerprint density at radius 1 is 1.62 bits per heavy atom. The third-order valence-corrected chi connectivity index (χ3v) is 3.13. The zero-order valence-electron chi connectivity index (χ0n) is 9.40. The molecule has 88 valence electrons. The zero-order chi connectivity index (χ0) is 11.4. The Hall–Kier alpha value is -1.03. The molecule has 0 bridgehead atoms. The molecule has 0 aliphatic carbocycles. The second kappa shape index (κ2) is 5.34. The van der Waals surface area contributed by atoms with Gasteiger partial charge >= 0.3 is 0 Å². The summed E-state index contributed by atoms with van der Waals surface area (Å²) in [6.07, 6.45) is 2.85. The van der Waals surface area contributed by atoms with E-state index in [1.165, 1.54) is 0 Å². The van der Waals surface area contributed by atoms with Gasteiger partial charge in [-0.15, -0.1) is 11.6 Å². The van der Waals surface area contributed by atoms with Gasteiger partial charge in [0.2, 0.25) is 11.8 Å². The van der Waals surface area contributed by atoms with Crippen molar-refractivity contribution >= 4 is 17.5 Å². The molecular weight excluding hydrogens is 226 g/mol. The first kappa shape index (κ1) is 11.5. The lowest BCUT2D eigenvalue weighted by Crippen LogP contribution is -2.22. The maximum Gasteiger partial charge on any atom is 0.228 e. The fourth-order valence-corrected chi connectivity index (χ4v) is 2.11. The van der Waals surface area contributed by atoms with Crippen molar-refractivity contribution in [1.82, 2.24) is 9.97 Å². The molecule has 16 heavy (non-hydrogen) atoms. The van der Waals surface area contributed by atoms with Crippen LogP contribution in [0.15, 0.2) is 12.3 Å². The van der Waals surface area contributed by atoms with Crippen LogP contribution in [0.3, 0.4) is 0 Å². The van der Waals surface area contributed by atoms with Crippen LogP contribution in [-0.4, -0.2) is 35.5 Å². The number of aromatic nitrogens is 2. The van der Waals surface area contributed by atoms with Crippen molar-refractivity contribution in [2.75, 3.05) is 30.5 Å². The number of anilines is 1. The van der Waals surface area contributed by atoms with Gasteiger partial charge in [-0.1, -0.05) is 0 Å². The average molecular weight is 242 g/mol. The third kappa shape index (κ3) is 2.55. The molecule has 0 aromatic carbocycles. The summed E-state index contributed by atoms with van der Waals surface area (Å²) in [6.45, 7) is 4.49. The molecule has 1 aromatic heterocycles. The van der Waals surface area contributed by atoms with Gasteiger partial charge in [0.25, 0.3) is 0 Å². The van der Waals surface area contributed by atoms with Crippen LogP contribution in [0.25, 0.3) is 0 Å². The number of rotatable bonds is 4. The highest BCUT2D eigenvalue weighted by atomic mass is 35.5. The van der Waals surface area contributed by atoms with Gasteiger partial charge in [-0.3, -0.25) is 0 Å². The molecule has 0 saturated carbocycles. The molecule has 1 aliphatic rings. The first-order valence-electron chi connectivity index (χ1n) is 5.60. The maximum atomic E-state index is 5.85. The van der Waals surface area contributed by atoms with Crippen molar-refractivity contribution in [3.05, 3.63) is 12.3 Å². The molecule has 0 N–H and O–H groups in total. The van der Waals surface area contributed by atoms with Crippen LogP contribution < -0.4 is 9.64 Å². The van der Waals surface area contributed by atoms with Gasteiger partial charge in [0.15, 0.2) is 0 Å². The molecule has 5 heteroatoms. The second-order valence-corrected chi connectivity index (χ2v) is 4.19. The van der Waals surface area contributed by atoms with E-state index in [-0.39, 0.29) is 0 Å². The normalized spacial score (nSPS) is 20.1. The average Bonchev–Trinajstić information content (AvgIpc) is 2.78. The van der Waals surface area contributed by atoms with Crippen molar-refractivity contribution in [2.24, 2.45) is 5.92 Å². The standard InChI is InChI=1S/C11H16ClN3O/c1-2-16-10-3-5-13-11(14-10)15-6-4-9(7-12)8-15/h3,5,9H,2,4,6-8H2,1H3. The highest BCUT2D eigenvalue weighted by molar-refractivity contribution is 6.18. The summed E-state index contributed by atoms with van der Waals surface area (Å²) in [5.41, 5.74) is 0. The minimum Gasteiger partial charge on any atom is -0.478 e. The fourth-order valence-electron chi connectivity index (χ4n) is 1.85. The van der Waals surface area contributed by atoms with Crippen LogP contribution in [0.1, 0.15) is 13.3 Å². The summed E-state index contributed by atoms with van der Waals surface area (Å²) in [4.78, 5) is 10.8. The first-order chi connectivity index (χ1) is 7.83. The number of ether oxygens (including phenoxy) is 1. The maximum absolute atomic E-state index is 5.85. The third-order valence-electron chi connectivity index (χ3n) is 2.70. The summed E-state index contributed by atoms with van der Waals surface area (Å²) in [6, 6.07) is 1.78. The lowest BCUT2D eigenvalue weighted by atomic mass is 10.2. The van der Waals surface area contributed by atoms with Crippen LogP contribution in [0.5, 0.6) is 5.88 Å². The molecule has 1 aromatic rings. The quantitative estimate of drug-likeness (QED) is 0.756. The van der Waals surface area contributed by atoms with Crippen molar-refractivity contribution in [3.8, 4) is 5.88 Å². The van der Waals surface area contributed by atoms with Crippen LogP contribution in [-0.2, 0) is 0 Å². The van der Waals surface area contributed by atoms with E-state index in [4.69, 9.17) is 16.3 Å². The summed E-state index contributed by atoms with van der Waals surface area (Å²) in [7, 11) is 0. The van der Waals surface area contributed by atoms with Crippen molar-refractivity contribution in [2.45, 2.75) is 13.3 Å². The Morgan fingerprint density at radius 3 is 3.19 bits per heavy atom. The Balaban J connectivity index is 2.06. The Morgan fingerprint density at radius 2 is 2.50 bits per heavy atom. The number of halogens is 1. The highest BCUT2D eigenvalue weighted by Gasteiger charge is 2.23. The van der Waals surface area contributed by atoms with E-state index < -0.39 is 0 Å². The highest BCUT2D eigenvalue weighted by Crippen LogP contribution is 2.22. The predicted molar refractivity (Wildman–Crippen MR) is 64.2 cm³/mol. The molecule has 1 atom stereocenters. The molecule has 2 heterocycles. The Bertz CT molecular complexity index is 348. The molecule has 0 amide bonds. The van der Waals surface area contributed by atoms with Gasteiger partial charge in [-0.2, -0.15) is 4.98 Å². The summed E-state index contributed by atoms with van der Waals surface area (Å²) in [5, 5.41) is 0. The van der Waals surface area contributed by atoms with Crippen LogP contribution in [0.2, 0.25) is 0 Å². The molecule has 0 radical (unpaired) electrons. The molecule has 1 aliphatic heterocycles. The molecule has 0 spiro atoms. The predicted octanol–water partition coefficient (Wildman–Crippen LogP) is 1.94. The van der Waals surface area contributed by atoms with Crippen molar-refractivity contribution in [3.63, 3.8) is 0 Å². The van der Waals surface area contributed by atoms with E-state index in [2.05, 4.69) is 14.9 Å². The van der Waals surface area contributed by atoms with Gasteiger partial charge < -0.3 is 9.64 Å². The number of hydrogen-bond donors (Lipinski definition) is 0. The van der Waals surface area contributed by atoms with E-state index >= 15 is 0 Å². The number of nitrogens with zero attached hydrogens (tertiary/aromatic N) is 3. The van der Waals surface area contributed by atoms with Gasteiger partial charge in [-0.05, 0) is 19.3 Å². The van der Waals surface area contributed by atoms with Gasteiger partial charge in [0, 0.05) is 31.2 Å². The van der Waals surface area contributed by atoms with Crippen molar-refractivity contribution < 1.29 is 4.74 Å². The minimum absolute atomic E-state index is 0.556. The summed E-state index contributed by atoms with van der Waals surface area (Å²) in [5.74, 6) is 2.66. The smallest absolute Gasteiger partial charge is 0.228 e. The van der Waals surface area contributed by atoms with Crippen LogP contribution in [0.4, 0.5) is 5.95 Å². The molecule has 4 nitrogen and oxygen atoms in total. The van der Waals surface area contributed by atoms with Gasteiger partial charge in [0.1, 0.15) is 0 Å². The lowest BCUT2D eigenvalue weighted by Gasteiger charge is -2.16. The number of alkyl halides is 1. The first-order valence-corrected chi connectivity index (χ1v) is 6.13. The van der Waals surface area contributed by atoms with Crippen LogP contribution in [0, 0.1) is 5.92 Å². The van der Waals surface area contributed by atoms with Gasteiger partial charge in [0.05, 0.1) is 6.61 Å². The van der Waals surface area contributed by atoms with E-state index in [0.29, 0.717) is 24.3 Å². The van der Waals surface area contributed by atoms with E-state index in [0.717, 1.165) is 25.5 Å². The molecule has 1 saturated heterocycles. The largest absolute Gasteiger partial charge is 0.478 e. The monoisotopic (exact) mass is 241 g/mol. The molecular formula is C11H16ClN3O. The van der Waals surface area contributed by atoms with E-state index in [1.54, 1.807) is 12.3 Å². The van der Waals surface area contributed by atoms with Crippen LogP contribution >= 0.6 is 11.6 Å². The van der Waals surface area contributed by atoms with Gasteiger partial charge in [-0.25, -0.2) is 4.98 Å². The Labute approximate surface area is 101 Å².